The van der Waals surface area contributed by atoms with Crippen molar-refractivity contribution in [1.82, 2.24) is 0 Å². The highest BCUT2D eigenvalue weighted by molar-refractivity contribution is 9.10. The summed E-state index contributed by atoms with van der Waals surface area (Å²) < 4.78 is 11.2. The van der Waals surface area contributed by atoms with Crippen LogP contribution in [0.3, 0.4) is 0 Å². The van der Waals surface area contributed by atoms with Crippen LogP contribution in [0.4, 0.5) is 0 Å². The van der Waals surface area contributed by atoms with E-state index in [1.54, 1.807) is 50.4 Å². The lowest BCUT2D eigenvalue weighted by atomic mass is 10.1. The topological polar surface area (TPSA) is 52.6 Å². The fourth-order valence-electron chi connectivity index (χ4n) is 2.08. The van der Waals surface area contributed by atoms with Crippen LogP contribution in [0.25, 0.3) is 6.08 Å². The van der Waals surface area contributed by atoms with Crippen LogP contribution in [0.1, 0.15) is 22.8 Å². The van der Waals surface area contributed by atoms with E-state index < -0.39 is 12.1 Å². The average molecular weight is 389 g/mol. The van der Waals surface area contributed by atoms with Gasteiger partial charge < -0.3 is 9.47 Å². The van der Waals surface area contributed by atoms with Gasteiger partial charge in [0.05, 0.1) is 7.11 Å². The van der Waals surface area contributed by atoms with Crippen LogP contribution in [0, 0.1) is 0 Å². The molecule has 0 radical (unpaired) electrons. The molecule has 24 heavy (non-hydrogen) atoms. The summed E-state index contributed by atoms with van der Waals surface area (Å²) in [4.78, 5) is 24.1. The second-order valence-corrected chi connectivity index (χ2v) is 5.94. The summed E-state index contributed by atoms with van der Waals surface area (Å²) in [6.07, 6.45) is 2.02. The Morgan fingerprint density at radius 3 is 2.42 bits per heavy atom. The van der Waals surface area contributed by atoms with Gasteiger partial charge in [0.25, 0.3) is 0 Å². The molecule has 0 bridgehead atoms. The molecule has 2 aromatic carbocycles. The quantitative estimate of drug-likeness (QED) is 0.420. The van der Waals surface area contributed by atoms with Gasteiger partial charge in [-0.3, -0.25) is 4.79 Å². The molecule has 0 spiro atoms. The number of benzene rings is 2. The standard InChI is InChI=1S/C19H17BrO4/c1-13(19(22)15-7-10-16(20)11-8-15)24-18(21)12-9-14-5-3-4-6-17(14)23-2/h3-13H,1-2H3/b12-9+/t13-/m1/s1. The van der Waals surface area contributed by atoms with Crippen molar-refractivity contribution in [2.75, 3.05) is 7.11 Å². The van der Waals surface area contributed by atoms with Gasteiger partial charge in [-0.15, -0.1) is 0 Å². The summed E-state index contributed by atoms with van der Waals surface area (Å²) in [7, 11) is 1.56. The fourth-order valence-corrected chi connectivity index (χ4v) is 2.34. The molecule has 1 atom stereocenters. The van der Waals surface area contributed by atoms with Crippen molar-refractivity contribution in [2.24, 2.45) is 0 Å². The minimum Gasteiger partial charge on any atom is -0.496 e. The Kier molecular flexibility index (Phi) is 6.32. The largest absolute Gasteiger partial charge is 0.496 e. The number of esters is 1. The lowest BCUT2D eigenvalue weighted by Gasteiger charge is -2.11. The highest BCUT2D eigenvalue weighted by Crippen LogP contribution is 2.19. The third-order valence-electron chi connectivity index (χ3n) is 3.33. The van der Waals surface area contributed by atoms with E-state index in [-0.39, 0.29) is 5.78 Å². The van der Waals surface area contributed by atoms with Gasteiger partial charge in [-0.25, -0.2) is 4.79 Å². The number of Topliss-reactive ketones (excluding diaryl/α,β-unsaturated/α-hetero) is 1. The minimum atomic E-state index is -0.860. The summed E-state index contributed by atoms with van der Waals surface area (Å²) in [6, 6.07) is 14.2. The van der Waals surface area contributed by atoms with Crippen molar-refractivity contribution < 1.29 is 19.1 Å². The predicted molar refractivity (Wildman–Crippen MR) is 96.1 cm³/mol. The van der Waals surface area contributed by atoms with Gasteiger partial charge in [-0.05, 0) is 31.2 Å². The van der Waals surface area contributed by atoms with E-state index >= 15 is 0 Å². The molecule has 0 amide bonds. The molecule has 0 aliphatic carbocycles. The first-order chi connectivity index (χ1) is 11.5. The number of para-hydroxylation sites is 1. The van der Waals surface area contributed by atoms with Gasteiger partial charge in [0.1, 0.15) is 5.75 Å². The Bertz CT molecular complexity index is 750. The van der Waals surface area contributed by atoms with Crippen molar-refractivity contribution >= 4 is 33.8 Å². The van der Waals surface area contributed by atoms with Crippen molar-refractivity contribution in [3.05, 3.63) is 70.2 Å². The number of ether oxygens (including phenoxy) is 2. The second-order valence-electron chi connectivity index (χ2n) is 5.03. The van der Waals surface area contributed by atoms with Crippen LogP contribution in [-0.4, -0.2) is 25.0 Å². The van der Waals surface area contributed by atoms with E-state index in [4.69, 9.17) is 9.47 Å². The lowest BCUT2D eigenvalue weighted by Crippen LogP contribution is -2.23. The number of methoxy groups -OCH3 is 1. The summed E-state index contributed by atoms with van der Waals surface area (Å²) in [5, 5.41) is 0. The van der Waals surface area contributed by atoms with Crippen LogP contribution >= 0.6 is 15.9 Å². The molecule has 2 rings (SSSR count). The van der Waals surface area contributed by atoms with Crippen molar-refractivity contribution in [3.63, 3.8) is 0 Å². The molecular formula is C19H17BrO4. The van der Waals surface area contributed by atoms with Gasteiger partial charge in [0.15, 0.2) is 6.10 Å². The maximum absolute atomic E-state index is 12.2. The molecular weight excluding hydrogens is 372 g/mol. The van der Waals surface area contributed by atoms with Crippen LogP contribution < -0.4 is 4.74 Å². The molecule has 124 valence electrons. The molecule has 4 nitrogen and oxygen atoms in total. The number of halogens is 1. The predicted octanol–water partition coefficient (Wildman–Crippen LogP) is 4.29. The molecule has 0 aliphatic rings. The summed E-state index contributed by atoms with van der Waals surface area (Å²) in [6.45, 7) is 1.55. The number of hydrogen-bond acceptors (Lipinski definition) is 4. The Balaban J connectivity index is 1.99. The van der Waals surface area contributed by atoms with Gasteiger partial charge in [-0.2, -0.15) is 0 Å². The number of carbonyl (C=O) groups excluding carboxylic acids is 2. The van der Waals surface area contributed by atoms with E-state index in [0.717, 1.165) is 10.0 Å². The number of rotatable bonds is 6. The normalized spacial score (nSPS) is 12.0. The third kappa shape index (κ3) is 4.80. The number of carbonyl (C=O) groups is 2. The second kappa shape index (κ2) is 8.45. The van der Waals surface area contributed by atoms with Gasteiger partial charge in [-0.1, -0.05) is 46.3 Å². The van der Waals surface area contributed by atoms with Crippen molar-refractivity contribution in [1.29, 1.82) is 0 Å². The Morgan fingerprint density at radius 2 is 1.75 bits per heavy atom. The van der Waals surface area contributed by atoms with Crippen LogP contribution in [0.15, 0.2) is 59.1 Å². The first kappa shape index (κ1) is 17.9. The molecule has 0 N–H and O–H groups in total. The van der Waals surface area contributed by atoms with E-state index in [2.05, 4.69) is 15.9 Å². The average Bonchev–Trinajstić information content (AvgIpc) is 2.60. The van der Waals surface area contributed by atoms with Gasteiger partial charge in [0, 0.05) is 21.7 Å². The van der Waals surface area contributed by atoms with E-state index in [1.165, 1.54) is 6.08 Å². The zero-order valence-corrected chi connectivity index (χ0v) is 14.9. The van der Waals surface area contributed by atoms with Gasteiger partial charge in [0.2, 0.25) is 5.78 Å². The summed E-state index contributed by atoms with van der Waals surface area (Å²) in [5.74, 6) is -0.180. The Hall–Kier alpha value is -2.40. The van der Waals surface area contributed by atoms with E-state index in [9.17, 15) is 9.59 Å². The molecule has 5 heteroatoms. The number of ketones is 1. The van der Waals surface area contributed by atoms with Crippen molar-refractivity contribution in [2.45, 2.75) is 13.0 Å². The zero-order chi connectivity index (χ0) is 17.5. The monoisotopic (exact) mass is 388 g/mol. The van der Waals surface area contributed by atoms with Crippen LogP contribution in [0.5, 0.6) is 5.75 Å². The van der Waals surface area contributed by atoms with Crippen LogP contribution in [-0.2, 0) is 9.53 Å². The zero-order valence-electron chi connectivity index (χ0n) is 13.4. The van der Waals surface area contributed by atoms with E-state index in [0.29, 0.717) is 11.3 Å². The SMILES string of the molecule is COc1ccccc1/C=C/C(=O)O[C@H](C)C(=O)c1ccc(Br)cc1. The molecule has 0 saturated carbocycles. The highest BCUT2D eigenvalue weighted by Gasteiger charge is 2.18. The Labute approximate surface area is 149 Å². The first-order valence-corrected chi connectivity index (χ1v) is 8.12. The molecule has 0 aromatic heterocycles. The first-order valence-electron chi connectivity index (χ1n) is 7.32. The smallest absolute Gasteiger partial charge is 0.331 e. The minimum absolute atomic E-state index is 0.249. The molecule has 0 heterocycles. The molecule has 0 fully saturated rings. The molecule has 0 aliphatic heterocycles. The molecule has 0 saturated heterocycles. The molecule has 2 aromatic rings. The lowest BCUT2D eigenvalue weighted by molar-refractivity contribution is -0.140. The molecule has 0 unspecified atom stereocenters. The summed E-state index contributed by atoms with van der Waals surface area (Å²) in [5.41, 5.74) is 1.25. The van der Waals surface area contributed by atoms with Crippen molar-refractivity contribution in [3.8, 4) is 5.75 Å². The van der Waals surface area contributed by atoms with Crippen LogP contribution in [0.2, 0.25) is 0 Å². The maximum Gasteiger partial charge on any atom is 0.331 e. The summed E-state index contributed by atoms with van der Waals surface area (Å²) >= 11 is 3.31. The van der Waals surface area contributed by atoms with Gasteiger partial charge >= 0.3 is 5.97 Å². The third-order valence-corrected chi connectivity index (χ3v) is 3.86. The van der Waals surface area contributed by atoms with E-state index in [1.807, 2.05) is 18.2 Å². The maximum atomic E-state index is 12.2. The number of hydrogen-bond donors (Lipinski definition) is 0. The Morgan fingerprint density at radius 1 is 1.08 bits per heavy atom. The fraction of sp³-hybridized carbons (Fsp3) is 0.158. The highest BCUT2D eigenvalue weighted by atomic mass is 79.9.